The van der Waals surface area contributed by atoms with Gasteiger partial charge < -0.3 is 9.40 Å². The minimum atomic E-state index is 0.263. The molecule has 0 unspecified atom stereocenters. The summed E-state index contributed by atoms with van der Waals surface area (Å²) in [5.74, 6) is 2.70. The highest BCUT2D eigenvalue weighted by Gasteiger charge is 2.30. The Bertz CT molecular complexity index is 850. The van der Waals surface area contributed by atoms with Crippen LogP contribution in [0.3, 0.4) is 0 Å². The number of nitrogens with one attached hydrogen (secondary N) is 1. The predicted molar refractivity (Wildman–Crippen MR) is 91.6 cm³/mol. The van der Waals surface area contributed by atoms with Gasteiger partial charge in [-0.3, -0.25) is 4.90 Å². The molecule has 0 aliphatic carbocycles. The summed E-state index contributed by atoms with van der Waals surface area (Å²) in [5.41, 5.74) is 3.38. The molecule has 1 fully saturated rings. The van der Waals surface area contributed by atoms with Crippen LogP contribution in [0.4, 0.5) is 0 Å². The maximum atomic E-state index is 5.77. The standard InChI is InChI=1S/C18H23N5O/c1-11(2)18-22-21-16(24-18)10-23-8-4-5-15(23)17-19-13-7-6-12(3)9-14(13)20-17/h6-7,9,11,15H,4-5,8,10H2,1-3H3,(H,19,20)/t15-/m1/s1. The number of hydrogen-bond donors (Lipinski definition) is 1. The minimum Gasteiger partial charge on any atom is -0.424 e. The third kappa shape index (κ3) is 2.82. The van der Waals surface area contributed by atoms with E-state index in [4.69, 9.17) is 9.40 Å². The van der Waals surface area contributed by atoms with Gasteiger partial charge in [0.05, 0.1) is 23.6 Å². The summed E-state index contributed by atoms with van der Waals surface area (Å²) in [5, 5.41) is 8.33. The van der Waals surface area contributed by atoms with Crippen LogP contribution in [0.2, 0.25) is 0 Å². The van der Waals surface area contributed by atoms with Gasteiger partial charge in [0.15, 0.2) is 0 Å². The Balaban J connectivity index is 1.56. The van der Waals surface area contributed by atoms with Crippen molar-refractivity contribution in [3.8, 4) is 0 Å². The van der Waals surface area contributed by atoms with Gasteiger partial charge in [-0.2, -0.15) is 0 Å². The van der Waals surface area contributed by atoms with Crippen LogP contribution in [0.1, 0.15) is 61.8 Å². The van der Waals surface area contributed by atoms with Gasteiger partial charge in [0.2, 0.25) is 11.8 Å². The summed E-state index contributed by atoms with van der Waals surface area (Å²) in [4.78, 5) is 10.7. The van der Waals surface area contributed by atoms with E-state index < -0.39 is 0 Å². The number of nitrogens with zero attached hydrogens (tertiary/aromatic N) is 4. The average molecular weight is 325 g/mol. The van der Waals surface area contributed by atoms with Crippen molar-refractivity contribution >= 4 is 11.0 Å². The topological polar surface area (TPSA) is 70.8 Å². The molecule has 1 aromatic carbocycles. The smallest absolute Gasteiger partial charge is 0.230 e. The van der Waals surface area contributed by atoms with Gasteiger partial charge in [0.25, 0.3) is 0 Å². The van der Waals surface area contributed by atoms with Gasteiger partial charge in [0.1, 0.15) is 5.82 Å². The highest BCUT2D eigenvalue weighted by atomic mass is 16.4. The fraction of sp³-hybridized carbons (Fsp3) is 0.500. The Hall–Kier alpha value is -2.21. The summed E-state index contributed by atoms with van der Waals surface area (Å²) in [7, 11) is 0. The molecule has 6 nitrogen and oxygen atoms in total. The van der Waals surface area contributed by atoms with E-state index >= 15 is 0 Å². The molecule has 0 saturated carbocycles. The first-order chi connectivity index (χ1) is 11.6. The third-order valence-electron chi connectivity index (χ3n) is 4.65. The third-order valence-corrected chi connectivity index (χ3v) is 4.65. The van der Waals surface area contributed by atoms with E-state index in [0.717, 1.165) is 36.2 Å². The van der Waals surface area contributed by atoms with Crippen molar-refractivity contribution in [2.24, 2.45) is 0 Å². The molecule has 0 amide bonds. The maximum Gasteiger partial charge on any atom is 0.230 e. The van der Waals surface area contributed by atoms with Crippen LogP contribution in [0.5, 0.6) is 0 Å². The van der Waals surface area contributed by atoms with E-state index in [1.807, 2.05) is 0 Å². The normalized spacial score (nSPS) is 18.9. The van der Waals surface area contributed by atoms with E-state index in [9.17, 15) is 0 Å². The largest absolute Gasteiger partial charge is 0.424 e. The molecule has 4 rings (SSSR count). The number of aryl methyl sites for hydroxylation is 1. The predicted octanol–water partition coefficient (Wildman–Crippen LogP) is 3.71. The first-order valence-corrected chi connectivity index (χ1v) is 8.63. The van der Waals surface area contributed by atoms with Gasteiger partial charge in [-0.25, -0.2) is 4.98 Å². The van der Waals surface area contributed by atoms with Gasteiger partial charge in [-0.05, 0) is 44.0 Å². The second kappa shape index (κ2) is 6.02. The summed E-state index contributed by atoms with van der Waals surface area (Å²) in [6.07, 6.45) is 2.26. The van der Waals surface area contributed by atoms with E-state index in [1.54, 1.807) is 0 Å². The monoisotopic (exact) mass is 325 g/mol. The first-order valence-electron chi connectivity index (χ1n) is 8.63. The number of benzene rings is 1. The van der Waals surface area contributed by atoms with Gasteiger partial charge >= 0.3 is 0 Å². The van der Waals surface area contributed by atoms with E-state index in [2.05, 4.69) is 59.1 Å². The van der Waals surface area contributed by atoms with E-state index in [0.29, 0.717) is 18.3 Å². The summed E-state index contributed by atoms with van der Waals surface area (Å²) in [6, 6.07) is 6.62. The van der Waals surface area contributed by atoms with Crippen LogP contribution in [0.25, 0.3) is 11.0 Å². The van der Waals surface area contributed by atoms with Crippen molar-refractivity contribution < 1.29 is 4.42 Å². The maximum absolute atomic E-state index is 5.77. The molecule has 1 aliphatic heterocycles. The lowest BCUT2D eigenvalue weighted by atomic mass is 10.2. The zero-order valence-electron chi connectivity index (χ0n) is 14.4. The molecule has 3 heterocycles. The molecule has 0 radical (unpaired) electrons. The highest BCUT2D eigenvalue weighted by Crippen LogP contribution is 2.32. The number of aromatic amines is 1. The molecular formula is C18H23N5O. The Morgan fingerprint density at radius 1 is 1.33 bits per heavy atom. The van der Waals surface area contributed by atoms with Crippen molar-refractivity contribution in [3.63, 3.8) is 0 Å². The fourth-order valence-electron chi connectivity index (χ4n) is 3.36. The summed E-state index contributed by atoms with van der Waals surface area (Å²) < 4.78 is 5.77. The van der Waals surface area contributed by atoms with Crippen molar-refractivity contribution in [2.75, 3.05) is 6.54 Å². The molecule has 24 heavy (non-hydrogen) atoms. The molecule has 1 N–H and O–H groups in total. The number of likely N-dealkylation sites (tertiary alicyclic amines) is 1. The molecular weight excluding hydrogens is 302 g/mol. The second-order valence-corrected chi connectivity index (χ2v) is 6.96. The molecule has 0 spiro atoms. The lowest BCUT2D eigenvalue weighted by Gasteiger charge is -2.20. The van der Waals surface area contributed by atoms with Gasteiger partial charge in [0, 0.05) is 5.92 Å². The molecule has 2 aromatic heterocycles. The number of imidazole rings is 1. The fourth-order valence-corrected chi connectivity index (χ4v) is 3.36. The molecule has 3 aromatic rings. The van der Waals surface area contributed by atoms with Crippen molar-refractivity contribution in [3.05, 3.63) is 41.4 Å². The van der Waals surface area contributed by atoms with E-state index in [1.165, 1.54) is 5.56 Å². The number of H-pyrrole nitrogens is 1. The van der Waals surface area contributed by atoms with E-state index in [-0.39, 0.29) is 12.0 Å². The van der Waals surface area contributed by atoms with Crippen LogP contribution in [0, 0.1) is 6.92 Å². The molecule has 6 heteroatoms. The quantitative estimate of drug-likeness (QED) is 0.791. The summed E-state index contributed by atoms with van der Waals surface area (Å²) in [6.45, 7) is 7.93. The van der Waals surface area contributed by atoms with Crippen molar-refractivity contribution in [1.82, 2.24) is 25.1 Å². The van der Waals surface area contributed by atoms with Crippen molar-refractivity contribution in [2.45, 2.75) is 52.1 Å². The number of fused-ring (bicyclic) bond motifs is 1. The van der Waals surface area contributed by atoms with Crippen LogP contribution >= 0.6 is 0 Å². The van der Waals surface area contributed by atoms with Crippen LogP contribution in [0.15, 0.2) is 22.6 Å². The van der Waals surface area contributed by atoms with Gasteiger partial charge in [-0.15, -0.1) is 10.2 Å². The number of aromatic nitrogens is 4. The Morgan fingerprint density at radius 2 is 2.21 bits per heavy atom. The Morgan fingerprint density at radius 3 is 3.00 bits per heavy atom. The van der Waals surface area contributed by atoms with Crippen molar-refractivity contribution in [1.29, 1.82) is 0 Å². The highest BCUT2D eigenvalue weighted by molar-refractivity contribution is 5.75. The molecule has 1 atom stereocenters. The molecule has 1 aliphatic rings. The zero-order valence-corrected chi connectivity index (χ0v) is 14.4. The molecule has 0 bridgehead atoms. The van der Waals surface area contributed by atoms with Crippen LogP contribution in [-0.2, 0) is 6.54 Å². The molecule has 1 saturated heterocycles. The first kappa shape index (κ1) is 15.3. The lowest BCUT2D eigenvalue weighted by Crippen LogP contribution is -2.23. The molecule has 126 valence electrons. The lowest BCUT2D eigenvalue weighted by molar-refractivity contribution is 0.215. The van der Waals surface area contributed by atoms with Gasteiger partial charge in [-0.1, -0.05) is 19.9 Å². The van der Waals surface area contributed by atoms with Crippen LogP contribution in [-0.4, -0.2) is 31.6 Å². The Kier molecular flexibility index (Phi) is 3.84. The zero-order chi connectivity index (χ0) is 16.7. The average Bonchev–Trinajstić information content (AvgIpc) is 3.25. The summed E-state index contributed by atoms with van der Waals surface area (Å²) >= 11 is 0. The number of rotatable bonds is 4. The van der Waals surface area contributed by atoms with Crippen LogP contribution < -0.4 is 0 Å². The SMILES string of the molecule is Cc1ccc2nc([C@H]3CCCN3Cc3nnc(C(C)C)o3)[nH]c2c1. The minimum absolute atomic E-state index is 0.263. The Labute approximate surface area is 141 Å². The second-order valence-electron chi connectivity index (χ2n) is 6.96. The number of hydrogen-bond acceptors (Lipinski definition) is 5.